The van der Waals surface area contributed by atoms with Crippen LogP contribution in [-0.2, 0) is 25.7 Å². The fourth-order valence-corrected chi connectivity index (χ4v) is 3.19. The second-order valence-electron chi connectivity index (χ2n) is 7.75. The standard InChI is InChI=1S/C25H29NO4/c1-18(2)24(27)22(16-19-8-4-3-5-9-19)25(28)26-21-13-11-20(12-14-21)17-30-23-10-6-7-15-29-23/h3-5,8-9,11-14,16,18,23H,6-7,10,15,17H2,1-2H3,(H,26,28)/b22-16-. The number of ketones is 1. The van der Waals surface area contributed by atoms with Crippen LogP contribution < -0.4 is 5.32 Å². The molecule has 5 heteroatoms. The summed E-state index contributed by atoms with van der Waals surface area (Å²) >= 11 is 0. The van der Waals surface area contributed by atoms with Crippen molar-refractivity contribution in [1.29, 1.82) is 0 Å². The molecule has 1 N–H and O–H groups in total. The number of benzene rings is 2. The van der Waals surface area contributed by atoms with Crippen LogP contribution in [0.25, 0.3) is 6.08 Å². The van der Waals surface area contributed by atoms with Crippen molar-refractivity contribution < 1.29 is 19.1 Å². The molecule has 0 aromatic heterocycles. The summed E-state index contributed by atoms with van der Waals surface area (Å²) in [6.45, 7) is 4.80. The zero-order valence-electron chi connectivity index (χ0n) is 17.6. The number of amides is 1. The van der Waals surface area contributed by atoms with Crippen LogP contribution in [0.5, 0.6) is 0 Å². The minimum atomic E-state index is -0.405. The molecule has 0 spiro atoms. The van der Waals surface area contributed by atoms with Gasteiger partial charge < -0.3 is 14.8 Å². The van der Waals surface area contributed by atoms with Crippen LogP contribution in [0.15, 0.2) is 60.2 Å². The zero-order chi connectivity index (χ0) is 21.3. The topological polar surface area (TPSA) is 64.6 Å². The molecule has 5 nitrogen and oxygen atoms in total. The Bertz CT molecular complexity index is 866. The Morgan fingerprint density at radius 2 is 1.83 bits per heavy atom. The van der Waals surface area contributed by atoms with Gasteiger partial charge in [-0.3, -0.25) is 9.59 Å². The van der Waals surface area contributed by atoms with Gasteiger partial charge >= 0.3 is 0 Å². The van der Waals surface area contributed by atoms with Crippen molar-refractivity contribution >= 4 is 23.5 Å². The molecule has 2 aromatic carbocycles. The van der Waals surface area contributed by atoms with Crippen LogP contribution in [-0.4, -0.2) is 24.6 Å². The van der Waals surface area contributed by atoms with E-state index in [0.29, 0.717) is 12.3 Å². The van der Waals surface area contributed by atoms with Gasteiger partial charge in [0.05, 0.1) is 12.2 Å². The average Bonchev–Trinajstić information content (AvgIpc) is 2.78. The summed E-state index contributed by atoms with van der Waals surface area (Å²) in [6, 6.07) is 16.8. The van der Waals surface area contributed by atoms with Gasteiger partial charge in [-0.2, -0.15) is 0 Å². The second-order valence-corrected chi connectivity index (χ2v) is 7.75. The molecule has 0 radical (unpaired) electrons. The summed E-state index contributed by atoms with van der Waals surface area (Å²) in [6.07, 6.45) is 4.65. The van der Waals surface area contributed by atoms with E-state index in [1.807, 2.05) is 54.6 Å². The molecule has 0 aliphatic carbocycles. The maximum atomic E-state index is 12.8. The van der Waals surface area contributed by atoms with E-state index in [-0.39, 0.29) is 23.6 Å². The highest BCUT2D eigenvalue weighted by Gasteiger charge is 2.21. The maximum Gasteiger partial charge on any atom is 0.259 e. The monoisotopic (exact) mass is 407 g/mol. The van der Waals surface area contributed by atoms with E-state index in [0.717, 1.165) is 37.0 Å². The number of anilines is 1. The van der Waals surface area contributed by atoms with Crippen LogP contribution in [0.3, 0.4) is 0 Å². The van der Waals surface area contributed by atoms with Crippen molar-refractivity contribution in [2.75, 3.05) is 11.9 Å². The lowest BCUT2D eigenvalue weighted by Gasteiger charge is -2.22. The Balaban J connectivity index is 1.64. The fraction of sp³-hybridized carbons (Fsp3) is 0.360. The number of carbonyl (C=O) groups is 2. The van der Waals surface area contributed by atoms with Crippen molar-refractivity contribution in [3.05, 3.63) is 71.3 Å². The third kappa shape index (κ3) is 6.37. The van der Waals surface area contributed by atoms with Gasteiger partial charge in [0.15, 0.2) is 12.1 Å². The minimum Gasteiger partial charge on any atom is -0.353 e. The van der Waals surface area contributed by atoms with Gasteiger partial charge in [-0.15, -0.1) is 0 Å². The van der Waals surface area contributed by atoms with Crippen molar-refractivity contribution in [1.82, 2.24) is 0 Å². The highest BCUT2D eigenvalue weighted by Crippen LogP contribution is 2.18. The van der Waals surface area contributed by atoms with E-state index in [4.69, 9.17) is 9.47 Å². The molecule has 1 atom stereocenters. The Morgan fingerprint density at radius 1 is 1.10 bits per heavy atom. The number of hydrogen-bond donors (Lipinski definition) is 1. The molecule has 3 rings (SSSR count). The summed E-state index contributed by atoms with van der Waals surface area (Å²) in [7, 11) is 0. The number of ether oxygens (including phenoxy) is 2. The molecular weight excluding hydrogens is 378 g/mol. The third-order valence-electron chi connectivity index (χ3n) is 4.93. The molecule has 1 aliphatic heterocycles. The predicted octanol–water partition coefficient (Wildman–Crippen LogP) is 4.98. The first-order valence-electron chi connectivity index (χ1n) is 10.5. The molecule has 0 bridgehead atoms. The van der Waals surface area contributed by atoms with Crippen LogP contribution in [0.2, 0.25) is 0 Å². The van der Waals surface area contributed by atoms with E-state index in [2.05, 4.69) is 5.32 Å². The third-order valence-corrected chi connectivity index (χ3v) is 4.93. The van der Waals surface area contributed by atoms with E-state index in [1.54, 1.807) is 19.9 Å². The molecule has 0 saturated carbocycles. The lowest BCUT2D eigenvalue weighted by molar-refractivity contribution is -0.168. The molecule has 1 fully saturated rings. The van der Waals surface area contributed by atoms with Crippen LogP contribution in [0.4, 0.5) is 5.69 Å². The molecular formula is C25H29NO4. The van der Waals surface area contributed by atoms with E-state index >= 15 is 0 Å². The number of rotatable bonds is 8. The first kappa shape index (κ1) is 21.9. The van der Waals surface area contributed by atoms with Gasteiger partial charge in [0.1, 0.15) is 0 Å². The van der Waals surface area contributed by atoms with Gasteiger partial charge in [0, 0.05) is 18.2 Å². The maximum absolute atomic E-state index is 12.8. The van der Waals surface area contributed by atoms with Crippen molar-refractivity contribution in [3.63, 3.8) is 0 Å². The zero-order valence-corrected chi connectivity index (χ0v) is 17.6. The summed E-state index contributed by atoms with van der Waals surface area (Å²) in [4.78, 5) is 25.4. The predicted molar refractivity (Wildman–Crippen MR) is 118 cm³/mol. The van der Waals surface area contributed by atoms with Crippen molar-refractivity contribution in [2.45, 2.75) is 46.0 Å². The second kappa shape index (κ2) is 10.9. The summed E-state index contributed by atoms with van der Waals surface area (Å²) in [5.41, 5.74) is 2.60. The molecule has 30 heavy (non-hydrogen) atoms. The molecule has 1 saturated heterocycles. The smallest absolute Gasteiger partial charge is 0.259 e. The molecule has 2 aromatic rings. The molecule has 1 unspecified atom stereocenters. The lowest BCUT2D eigenvalue weighted by Crippen LogP contribution is -2.23. The highest BCUT2D eigenvalue weighted by atomic mass is 16.7. The summed E-state index contributed by atoms with van der Waals surface area (Å²) in [5, 5.41) is 2.84. The quantitative estimate of drug-likeness (QED) is 0.381. The fourth-order valence-electron chi connectivity index (χ4n) is 3.19. The van der Waals surface area contributed by atoms with Gasteiger partial charge in [-0.25, -0.2) is 0 Å². The van der Waals surface area contributed by atoms with Crippen molar-refractivity contribution in [3.8, 4) is 0 Å². The highest BCUT2D eigenvalue weighted by molar-refractivity contribution is 6.26. The molecule has 1 amide bonds. The summed E-state index contributed by atoms with van der Waals surface area (Å²) in [5.74, 6) is -0.863. The SMILES string of the molecule is CC(C)C(=O)/C(=C/c1ccccc1)C(=O)Nc1ccc(COC2CCCCO2)cc1. The first-order valence-corrected chi connectivity index (χ1v) is 10.5. The Morgan fingerprint density at radius 3 is 2.47 bits per heavy atom. The van der Waals surface area contributed by atoms with Crippen LogP contribution in [0, 0.1) is 5.92 Å². The van der Waals surface area contributed by atoms with Crippen LogP contribution in [0.1, 0.15) is 44.2 Å². The number of hydrogen-bond acceptors (Lipinski definition) is 4. The van der Waals surface area contributed by atoms with Crippen molar-refractivity contribution in [2.24, 2.45) is 5.92 Å². The van der Waals surface area contributed by atoms with Gasteiger partial charge in [0.25, 0.3) is 5.91 Å². The number of nitrogens with one attached hydrogen (secondary N) is 1. The Kier molecular flexibility index (Phi) is 7.94. The van der Waals surface area contributed by atoms with Gasteiger partial charge in [-0.05, 0) is 48.6 Å². The number of Topliss-reactive ketones (excluding diaryl/α,β-unsaturated/α-hetero) is 1. The normalized spacial score (nSPS) is 17.0. The minimum absolute atomic E-state index is 0.133. The summed E-state index contributed by atoms with van der Waals surface area (Å²) < 4.78 is 11.4. The molecule has 158 valence electrons. The number of carbonyl (C=O) groups excluding carboxylic acids is 2. The van der Waals surface area contributed by atoms with E-state index in [9.17, 15) is 9.59 Å². The Labute approximate surface area is 178 Å². The Hall–Kier alpha value is -2.76. The van der Waals surface area contributed by atoms with Gasteiger partial charge in [-0.1, -0.05) is 56.3 Å². The van der Waals surface area contributed by atoms with E-state index < -0.39 is 5.91 Å². The first-order chi connectivity index (χ1) is 14.5. The lowest BCUT2D eigenvalue weighted by atomic mass is 9.98. The van der Waals surface area contributed by atoms with Gasteiger partial charge in [0.2, 0.25) is 0 Å². The molecule has 1 aliphatic rings. The largest absolute Gasteiger partial charge is 0.353 e. The molecule has 1 heterocycles. The van der Waals surface area contributed by atoms with E-state index in [1.165, 1.54) is 0 Å². The average molecular weight is 408 g/mol. The van der Waals surface area contributed by atoms with Crippen LogP contribution >= 0.6 is 0 Å².